The number of nitrogens with zero attached hydrogens (tertiary/aromatic N) is 2. The number of benzene rings is 1. The predicted molar refractivity (Wildman–Crippen MR) is 82.2 cm³/mol. The predicted octanol–water partition coefficient (Wildman–Crippen LogP) is 1.63. The molecule has 0 aliphatic heterocycles. The molecule has 1 amide bonds. The molecular weight excluding hydrogens is 264 g/mol. The minimum atomic E-state index is -0.331. The molecule has 2 rings (SSSR count). The molecule has 0 saturated carbocycles. The fourth-order valence-corrected chi connectivity index (χ4v) is 2.07. The quantitative estimate of drug-likeness (QED) is 0.497. The lowest BCUT2D eigenvalue weighted by atomic mass is 10.1. The second-order valence-corrected chi connectivity index (χ2v) is 5.17. The van der Waals surface area contributed by atoms with Crippen LogP contribution in [0.3, 0.4) is 0 Å². The topological polar surface area (TPSA) is 71.2 Å². The summed E-state index contributed by atoms with van der Waals surface area (Å²) in [5.41, 5.74) is 5.99. The lowest BCUT2D eigenvalue weighted by Gasteiger charge is -2.16. The van der Waals surface area contributed by atoms with E-state index in [1.54, 1.807) is 6.07 Å². The van der Waals surface area contributed by atoms with Crippen LogP contribution < -0.4 is 11.3 Å². The zero-order chi connectivity index (χ0) is 15.2. The van der Waals surface area contributed by atoms with E-state index in [-0.39, 0.29) is 5.91 Å². The molecule has 0 unspecified atom stereocenters. The van der Waals surface area contributed by atoms with Crippen molar-refractivity contribution in [2.75, 3.05) is 7.05 Å². The lowest BCUT2D eigenvalue weighted by Crippen LogP contribution is -2.30. The molecule has 0 bridgehead atoms. The van der Waals surface area contributed by atoms with Gasteiger partial charge >= 0.3 is 0 Å². The van der Waals surface area contributed by atoms with Crippen LogP contribution in [-0.2, 0) is 13.1 Å². The van der Waals surface area contributed by atoms with Crippen LogP contribution in [-0.4, -0.2) is 22.8 Å². The molecule has 110 valence electrons. The van der Waals surface area contributed by atoms with Crippen molar-refractivity contribution in [1.29, 1.82) is 0 Å². The van der Waals surface area contributed by atoms with Crippen LogP contribution in [0.1, 0.15) is 27.2 Å². The number of pyridine rings is 1. The van der Waals surface area contributed by atoms with Gasteiger partial charge in [-0.05, 0) is 31.7 Å². The van der Waals surface area contributed by atoms with E-state index < -0.39 is 0 Å². The fourth-order valence-electron chi connectivity index (χ4n) is 2.07. The summed E-state index contributed by atoms with van der Waals surface area (Å²) in [6.45, 7) is 3.65. The van der Waals surface area contributed by atoms with Crippen molar-refractivity contribution >= 4 is 5.91 Å². The van der Waals surface area contributed by atoms with E-state index in [2.05, 4.69) is 46.5 Å². The van der Waals surface area contributed by atoms with E-state index >= 15 is 0 Å². The average molecular weight is 284 g/mol. The monoisotopic (exact) mass is 284 g/mol. The van der Waals surface area contributed by atoms with Gasteiger partial charge in [0.25, 0.3) is 5.91 Å². The highest BCUT2D eigenvalue weighted by Gasteiger charge is 2.06. The number of nitrogens with two attached hydrogens (primary N) is 1. The van der Waals surface area contributed by atoms with E-state index in [1.165, 1.54) is 17.3 Å². The first-order chi connectivity index (χ1) is 10.1. The van der Waals surface area contributed by atoms with E-state index in [9.17, 15) is 4.79 Å². The lowest BCUT2D eigenvalue weighted by molar-refractivity contribution is 0.0953. The second-order valence-electron chi connectivity index (χ2n) is 5.17. The normalized spacial score (nSPS) is 10.7. The molecule has 1 heterocycles. The molecule has 5 nitrogen and oxygen atoms in total. The van der Waals surface area contributed by atoms with Crippen LogP contribution in [0.4, 0.5) is 0 Å². The van der Waals surface area contributed by atoms with Gasteiger partial charge < -0.3 is 0 Å². The molecule has 0 aliphatic carbocycles. The van der Waals surface area contributed by atoms with E-state index in [4.69, 9.17) is 5.84 Å². The van der Waals surface area contributed by atoms with Crippen molar-refractivity contribution in [1.82, 2.24) is 15.3 Å². The number of amides is 1. The van der Waals surface area contributed by atoms with Gasteiger partial charge in [0.2, 0.25) is 0 Å². The van der Waals surface area contributed by atoms with Crippen LogP contribution in [0.15, 0.2) is 42.6 Å². The van der Waals surface area contributed by atoms with Gasteiger partial charge in [-0.2, -0.15) is 0 Å². The summed E-state index contributed by atoms with van der Waals surface area (Å²) < 4.78 is 0. The Morgan fingerprint density at radius 3 is 2.48 bits per heavy atom. The Bertz CT molecular complexity index is 593. The standard InChI is InChI=1S/C16H20N4O/c1-12-3-5-13(6-4-12)10-20(2)11-15-8-7-14(9-18-15)16(21)19-17/h3-9H,10-11,17H2,1-2H3,(H,19,21). The van der Waals surface area contributed by atoms with Gasteiger partial charge in [-0.1, -0.05) is 29.8 Å². The molecular formula is C16H20N4O. The number of hydrogen-bond acceptors (Lipinski definition) is 4. The number of nitrogens with one attached hydrogen (secondary N) is 1. The number of aryl methyl sites for hydroxylation is 1. The summed E-state index contributed by atoms with van der Waals surface area (Å²) in [5, 5.41) is 0. The van der Waals surface area contributed by atoms with Gasteiger partial charge in [0, 0.05) is 19.3 Å². The number of rotatable bonds is 5. The highest BCUT2D eigenvalue weighted by Crippen LogP contribution is 2.09. The third kappa shape index (κ3) is 4.37. The van der Waals surface area contributed by atoms with Crippen molar-refractivity contribution in [2.45, 2.75) is 20.0 Å². The average Bonchev–Trinajstić information content (AvgIpc) is 2.49. The molecule has 3 N–H and O–H groups in total. The SMILES string of the molecule is Cc1ccc(CN(C)Cc2ccc(C(=O)NN)cn2)cc1. The molecule has 1 aromatic heterocycles. The summed E-state index contributed by atoms with van der Waals surface area (Å²) >= 11 is 0. The molecule has 0 aliphatic rings. The van der Waals surface area contributed by atoms with Crippen molar-refractivity contribution < 1.29 is 4.79 Å². The highest BCUT2D eigenvalue weighted by molar-refractivity contribution is 5.93. The molecule has 0 spiro atoms. The Morgan fingerprint density at radius 2 is 1.90 bits per heavy atom. The summed E-state index contributed by atoms with van der Waals surface area (Å²) in [6, 6.07) is 12.1. The third-order valence-electron chi connectivity index (χ3n) is 3.22. The Labute approximate surface area is 124 Å². The van der Waals surface area contributed by atoms with E-state index in [0.29, 0.717) is 5.56 Å². The molecule has 5 heteroatoms. The maximum absolute atomic E-state index is 11.3. The number of hydrazine groups is 1. The van der Waals surface area contributed by atoms with Gasteiger partial charge in [-0.25, -0.2) is 5.84 Å². The van der Waals surface area contributed by atoms with Gasteiger partial charge in [0.05, 0.1) is 11.3 Å². The highest BCUT2D eigenvalue weighted by atomic mass is 16.2. The molecule has 0 saturated heterocycles. The third-order valence-corrected chi connectivity index (χ3v) is 3.22. The molecule has 0 atom stereocenters. The Hall–Kier alpha value is -2.24. The van der Waals surface area contributed by atoms with Crippen LogP contribution in [0, 0.1) is 6.92 Å². The smallest absolute Gasteiger partial charge is 0.266 e. The number of hydrogen-bond donors (Lipinski definition) is 2. The van der Waals surface area contributed by atoms with Crippen LogP contribution >= 0.6 is 0 Å². The zero-order valence-electron chi connectivity index (χ0n) is 12.3. The number of carbonyl (C=O) groups is 1. The molecule has 0 radical (unpaired) electrons. The van der Waals surface area contributed by atoms with Gasteiger partial charge in [0.1, 0.15) is 0 Å². The van der Waals surface area contributed by atoms with Crippen molar-refractivity contribution in [3.05, 3.63) is 65.0 Å². The number of nitrogen functional groups attached to an aromatic ring is 1. The Balaban J connectivity index is 1.94. The first-order valence-electron chi connectivity index (χ1n) is 6.78. The minimum absolute atomic E-state index is 0.331. The molecule has 21 heavy (non-hydrogen) atoms. The van der Waals surface area contributed by atoms with E-state index in [1.807, 2.05) is 13.1 Å². The van der Waals surface area contributed by atoms with Crippen molar-refractivity contribution in [2.24, 2.45) is 5.84 Å². The summed E-state index contributed by atoms with van der Waals surface area (Å²) in [7, 11) is 2.04. The van der Waals surface area contributed by atoms with Crippen LogP contribution in [0.25, 0.3) is 0 Å². The van der Waals surface area contributed by atoms with Crippen molar-refractivity contribution in [3.63, 3.8) is 0 Å². The van der Waals surface area contributed by atoms with Gasteiger partial charge in [0.15, 0.2) is 0 Å². The first-order valence-corrected chi connectivity index (χ1v) is 6.78. The molecule has 0 fully saturated rings. The van der Waals surface area contributed by atoms with E-state index in [0.717, 1.165) is 18.8 Å². The van der Waals surface area contributed by atoms with Crippen molar-refractivity contribution in [3.8, 4) is 0 Å². The molecule has 2 aromatic rings. The second kappa shape index (κ2) is 6.97. The van der Waals surface area contributed by atoms with Crippen LogP contribution in [0.5, 0.6) is 0 Å². The zero-order valence-corrected chi connectivity index (χ0v) is 12.3. The number of aromatic nitrogens is 1. The van der Waals surface area contributed by atoms with Gasteiger partial charge in [-0.3, -0.25) is 20.1 Å². The maximum atomic E-state index is 11.3. The summed E-state index contributed by atoms with van der Waals surface area (Å²) in [6.07, 6.45) is 1.54. The number of carbonyl (C=O) groups excluding carboxylic acids is 1. The largest absolute Gasteiger partial charge is 0.296 e. The molecule has 1 aromatic carbocycles. The van der Waals surface area contributed by atoms with Crippen LogP contribution in [0.2, 0.25) is 0 Å². The first kappa shape index (κ1) is 15.2. The summed E-state index contributed by atoms with van der Waals surface area (Å²) in [5.74, 6) is 4.75. The Kier molecular flexibility index (Phi) is 5.03. The minimum Gasteiger partial charge on any atom is -0.296 e. The van der Waals surface area contributed by atoms with Gasteiger partial charge in [-0.15, -0.1) is 0 Å². The summed E-state index contributed by atoms with van der Waals surface area (Å²) in [4.78, 5) is 17.8. The Morgan fingerprint density at radius 1 is 1.19 bits per heavy atom. The maximum Gasteiger partial charge on any atom is 0.266 e. The fraction of sp³-hybridized carbons (Fsp3) is 0.250.